The number of rotatable bonds is 4. The van der Waals surface area contributed by atoms with Gasteiger partial charge >= 0.3 is 0 Å². The molecule has 2 rings (SSSR count). The van der Waals surface area contributed by atoms with Crippen LogP contribution in [-0.2, 0) is 0 Å². The Morgan fingerprint density at radius 3 is 2.56 bits per heavy atom. The van der Waals surface area contributed by atoms with E-state index in [1.165, 1.54) is 71.6 Å². The normalized spacial score (nSPS) is 29.4. The van der Waals surface area contributed by atoms with E-state index in [0.717, 1.165) is 5.92 Å². The molecule has 1 unspecified atom stereocenters. The molecule has 0 amide bonds. The highest BCUT2D eigenvalue weighted by molar-refractivity contribution is 4.72. The average molecular weight is 225 g/mol. The SMILES string of the molecule is CC1CCCN(CCCN2CCNCC2)C1. The second-order valence-electron chi connectivity index (χ2n) is 5.49. The fourth-order valence-electron chi connectivity index (χ4n) is 2.94. The largest absolute Gasteiger partial charge is 0.314 e. The lowest BCUT2D eigenvalue weighted by atomic mass is 10.0. The second-order valence-corrected chi connectivity index (χ2v) is 5.49. The second kappa shape index (κ2) is 6.58. The number of piperidine rings is 1. The van der Waals surface area contributed by atoms with Gasteiger partial charge in [0.2, 0.25) is 0 Å². The first-order valence-electron chi connectivity index (χ1n) is 7.00. The maximum Gasteiger partial charge on any atom is 0.0107 e. The summed E-state index contributed by atoms with van der Waals surface area (Å²) in [6, 6.07) is 0. The average Bonchev–Trinajstić information content (AvgIpc) is 2.30. The van der Waals surface area contributed by atoms with Crippen LogP contribution in [0.3, 0.4) is 0 Å². The van der Waals surface area contributed by atoms with Crippen molar-refractivity contribution in [1.29, 1.82) is 0 Å². The first kappa shape index (κ1) is 12.3. The van der Waals surface area contributed by atoms with Crippen molar-refractivity contribution in [3.8, 4) is 0 Å². The molecule has 2 aliphatic heterocycles. The fourth-order valence-corrected chi connectivity index (χ4v) is 2.94. The Morgan fingerprint density at radius 1 is 1.06 bits per heavy atom. The Hall–Kier alpha value is -0.120. The molecule has 0 saturated carbocycles. The van der Waals surface area contributed by atoms with Gasteiger partial charge in [0.05, 0.1) is 0 Å². The van der Waals surface area contributed by atoms with Crippen LogP contribution in [0.2, 0.25) is 0 Å². The van der Waals surface area contributed by atoms with Crippen LogP contribution < -0.4 is 5.32 Å². The van der Waals surface area contributed by atoms with E-state index in [9.17, 15) is 0 Å². The Labute approximate surface area is 100 Å². The van der Waals surface area contributed by atoms with E-state index >= 15 is 0 Å². The molecule has 16 heavy (non-hydrogen) atoms. The van der Waals surface area contributed by atoms with Crippen LogP contribution in [0.25, 0.3) is 0 Å². The Morgan fingerprint density at radius 2 is 1.81 bits per heavy atom. The minimum absolute atomic E-state index is 0.924. The molecule has 0 aromatic heterocycles. The molecule has 0 aromatic carbocycles. The lowest BCUT2D eigenvalue weighted by Gasteiger charge is -2.32. The molecule has 2 aliphatic rings. The molecule has 2 fully saturated rings. The van der Waals surface area contributed by atoms with E-state index in [1.807, 2.05) is 0 Å². The van der Waals surface area contributed by atoms with Gasteiger partial charge in [-0.15, -0.1) is 0 Å². The van der Waals surface area contributed by atoms with E-state index in [1.54, 1.807) is 0 Å². The van der Waals surface area contributed by atoms with E-state index in [-0.39, 0.29) is 0 Å². The highest BCUT2D eigenvalue weighted by Crippen LogP contribution is 2.15. The zero-order chi connectivity index (χ0) is 11.2. The predicted octanol–water partition coefficient (Wildman–Crippen LogP) is 1.01. The molecule has 2 heterocycles. The Balaban J connectivity index is 1.56. The van der Waals surface area contributed by atoms with Gasteiger partial charge in [-0.05, 0) is 44.8 Å². The minimum atomic E-state index is 0.924. The molecule has 3 nitrogen and oxygen atoms in total. The lowest BCUT2D eigenvalue weighted by molar-refractivity contribution is 0.166. The quantitative estimate of drug-likeness (QED) is 0.770. The van der Waals surface area contributed by atoms with Gasteiger partial charge in [-0.3, -0.25) is 0 Å². The first-order chi connectivity index (χ1) is 7.84. The van der Waals surface area contributed by atoms with Crippen molar-refractivity contribution in [2.75, 3.05) is 52.4 Å². The van der Waals surface area contributed by atoms with Crippen LogP contribution in [-0.4, -0.2) is 62.2 Å². The van der Waals surface area contributed by atoms with E-state index in [4.69, 9.17) is 0 Å². The van der Waals surface area contributed by atoms with E-state index in [2.05, 4.69) is 22.0 Å². The molecular weight excluding hydrogens is 198 g/mol. The summed E-state index contributed by atoms with van der Waals surface area (Å²) in [6.45, 7) is 12.5. The predicted molar refractivity (Wildman–Crippen MR) is 68.8 cm³/mol. The van der Waals surface area contributed by atoms with Gasteiger partial charge in [-0.1, -0.05) is 6.92 Å². The summed E-state index contributed by atoms with van der Waals surface area (Å²) in [5, 5.41) is 3.41. The first-order valence-corrected chi connectivity index (χ1v) is 7.00. The van der Waals surface area contributed by atoms with Crippen LogP contribution in [0.4, 0.5) is 0 Å². The third-order valence-corrected chi connectivity index (χ3v) is 3.90. The maximum atomic E-state index is 3.41. The lowest BCUT2D eigenvalue weighted by Crippen LogP contribution is -2.44. The molecule has 3 heteroatoms. The van der Waals surface area contributed by atoms with Crippen LogP contribution in [0.5, 0.6) is 0 Å². The molecule has 0 bridgehead atoms. The van der Waals surface area contributed by atoms with Crippen LogP contribution in [0.15, 0.2) is 0 Å². The zero-order valence-electron chi connectivity index (χ0n) is 10.7. The summed E-state index contributed by atoms with van der Waals surface area (Å²) in [4.78, 5) is 5.26. The van der Waals surface area contributed by atoms with Crippen molar-refractivity contribution in [1.82, 2.24) is 15.1 Å². The smallest absolute Gasteiger partial charge is 0.0107 e. The van der Waals surface area contributed by atoms with E-state index < -0.39 is 0 Å². The summed E-state index contributed by atoms with van der Waals surface area (Å²) in [5.74, 6) is 0.924. The van der Waals surface area contributed by atoms with Gasteiger partial charge in [0.25, 0.3) is 0 Å². The third-order valence-electron chi connectivity index (χ3n) is 3.90. The monoisotopic (exact) mass is 225 g/mol. The van der Waals surface area contributed by atoms with Gasteiger partial charge in [0.1, 0.15) is 0 Å². The number of hydrogen-bond donors (Lipinski definition) is 1. The number of piperazine rings is 1. The highest BCUT2D eigenvalue weighted by Gasteiger charge is 2.16. The van der Waals surface area contributed by atoms with Gasteiger partial charge < -0.3 is 15.1 Å². The zero-order valence-corrected chi connectivity index (χ0v) is 10.7. The molecule has 0 spiro atoms. The maximum absolute atomic E-state index is 3.41. The Kier molecular flexibility index (Phi) is 5.07. The molecule has 1 N–H and O–H groups in total. The molecule has 0 radical (unpaired) electrons. The van der Waals surface area contributed by atoms with Gasteiger partial charge in [0, 0.05) is 32.7 Å². The van der Waals surface area contributed by atoms with Gasteiger partial charge in [-0.25, -0.2) is 0 Å². The van der Waals surface area contributed by atoms with Crippen molar-refractivity contribution in [3.05, 3.63) is 0 Å². The summed E-state index contributed by atoms with van der Waals surface area (Å²) >= 11 is 0. The third kappa shape index (κ3) is 4.04. The van der Waals surface area contributed by atoms with Crippen LogP contribution >= 0.6 is 0 Å². The summed E-state index contributed by atoms with van der Waals surface area (Å²) in [5.41, 5.74) is 0. The minimum Gasteiger partial charge on any atom is -0.314 e. The van der Waals surface area contributed by atoms with Gasteiger partial charge in [0.15, 0.2) is 0 Å². The molecule has 94 valence electrons. The van der Waals surface area contributed by atoms with Crippen molar-refractivity contribution in [3.63, 3.8) is 0 Å². The molecule has 0 aromatic rings. The number of likely N-dealkylation sites (tertiary alicyclic amines) is 1. The van der Waals surface area contributed by atoms with Crippen molar-refractivity contribution in [2.45, 2.75) is 26.2 Å². The van der Waals surface area contributed by atoms with Crippen molar-refractivity contribution >= 4 is 0 Å². The molecule has 2 saturated heterocycles. The summed E-state index contributed by atoms with van der Waals surface area (Å²) in [6.07, 6.45) is 4.20. The van der Waals surface area contributed by atoms with Crippen molar-refractivity contribution in [2.24, 2.45) is 5.92 Å². The number of nitrogens with zero attached hydrogens (tertiary/aromatic N) is 2. The van der Waals surface area contributed by atoms with Crippen LogP contribution in [0.1, 0.15) is 26.2 Å². The van der Waals surface area contributed by atoms with E-state index in [0.29, 0.717) is 0 Å². The molecule has 1 atom stereocenters. The summed E-state index contributed by atoms with van der Waals surface area (Å²) < 4.78 is 0. The fraction of sp³-hybridized carbons (Fsp3) is 1.00. The summed E-state index contributed by atoms with van der Waals surface area (Å²) in [7, 11) is 0. The number of nitrogens with one attached hydrogen (secondary N) is 1. The number of hydrogen-bond acceptors (Lipinski definition) is 3. The standard InChI is InChI=1S/C13H27N3/c1-13-4-2-7-16(12-13)9-3-8-15-10-5-14-6-11-15/h13-14H,2-12H2,1H3. The molecular formula is C13H27N3. The van der Waals surface area contributed by atoms with Gasteiger partial charge in [-0.2, -0.15) is 0 Å². The topological polar surface area (TPSA) is 18.5 Å². The molecule has 0 aliphatic carbocycles. The Bertz CT molecular complexity index is 190. The van der Waals surface area contributed by atoms with Crippen LogP contribution in [0, 0.1) is 5.92 Å². The highest BCUT2D eigenvalue weighted by atomic mass is 15.2. The van der Waals surface area contributed by atoms with Crippen molar-refractivity contribution < 1.29 is 0 Å².